The van der Waals surface area contributed by atoms with Gasteiger partial charge in [0.25, 0.3) is 0 Å². The Balaban J connectivity index is 2.30. The molecule has 0 spiro atoms. The summed E-state index contributed by atoms with van der Waals surface area (Å²) in [6.45, 7) is 4.26. The number of fused-ring (bicyclic) bond motifs is 1. The topological polar surface area (TPSA) is 72.1 Å². The highest BCUT2D eigenvalue weighted by atomic mass is 16.2. The lowest BCUT2D eigenvalue weighted by molar-refractivity contribution is -0.117. The van der Waals surface area contributed by atoms with E-state index in [4.69, 9.17) is 5.73 Å². The smallest absolute Gasteiger partial charge is 0.232 e. The number of aromatic nitrogens is 2. The number of carbonyl (C=O) groups is 1. The van der Waals surface area contributed by atoms with Gasteiger partial charge in [-0.15, -0.1) is 0 Å². The molecule has 1 aliphatic heterocycles. The van der Waals surface area contributed by atoms with E-state index in [1.54, 1.807) is 11.1 Å². The average molecular weight is 206 g/mol. The lowest BCUT2D eigenvalue weighted by Crippen LogP contribution is -2.46. The highest BCUT2D eigenvalue weighted by molar-refractivity contribution is 6.00. The largest absolute Gasteiger partial charge is 0.324 e. The summed E-state index contributed by atoms with van der Waals surface area (Å²) in [5.74, 6) is 0.748. The predicted octanol–water partition coefficient (Wildman–Crippen LogP) is 0.103. The van der Waals surface area contributed by atoms with Crippen molar-refractivity contribution < 1.29 is 4.79 Å². The van der Waals surface area contributed by atoms with Gasteiger partial charge in [0.05, 0.1) is 6.42 Å². The quantitative estimate of drug-likeness (QED) is 0.745. The van der Waals surface area contributed by atoms with E-state index in [-0.39, 0.29) is 5.91 Å². The van der Waals surface area contributed by atoms with Crippen LogP contribution in [0.5, 0.6) is 0 Å². The highest BCUT2D eigenvalue weighted by Gasteiger charge is 2.31. The number of carbonyl (C=O) groups excluding carboxylic acids is 1. The van der Waals surface area contributed by atoms with Crippen molar-refractivity contribution in [3.05, 3.63) is 18.1 Å². The molecular weight excluding hydrogens is 192 g/mol. The van der Waals surface area contributed by atoms with Crippen LogP contribution in [0.3, 0.4) is 0 Å². The number of rotatable bonds is 2. The number of hydrogen-bond acceptors (Lipinski definition) is 4. The van der Waals surface area contributed by atoms with Crippen LogP contribution in [0, 0.1) is 0 Å². The van der Waals surface area contributed by atoms with Crippen LogP contribution in [0.15, 0.2) is 12.5 Å². The summed E-state index contributed by atoms with van der Waals surface area (Å²) in [6.07, 6.45) is 3.52. The number of amides is 1. The van der Waals surface area contributed by atoms with Gasteiger partial charge in [0, 0.05) is 23.8 Å². The maximum absolute atomic E-state index is 11.7. The zero-order valence-electron chi connectivity index (χ0n) is 8.90. The molecule has 5 heteroatoms. The maximum atomic E-state index is 11.7. The molecular formula is C10H14N4O. The monoisotopic (exact) mass is 206 g/mol. The normalized spacial score (nSPS) is 15.7. The van der Waals surface area contributed by atoms with Crippen molar-refractivity contribution in [2.24, 2.45) is 5.73 Å². The van der Waals surface area contributed by atoms with Gasteiger partial charge in [-0.3, -0.25) is 9.69 Å². The predicted molar refractivity (Wildman–Crippen MR) is 56.4 cm³/mol. The first-order valence-electron chi connectivity index (χ1n) is 4.85. The standard InChI is InChI=1S/C10H14N4O/c1-10(2,11)5-14-8(15)3-7-4-12-6-13-9(7)14/h4,6H,3,5,11H2,1-2H3. The van der Waals surface area contributed by atoms with E-state index < -0.39 is 5.54 Å². The number of nitrogens with zero attached hydrogens (tertiary/aromatic N) is 3. The molecule has 5 nitrogen and oxygen atoms in total. The average Bonchev–Trinajstić information content (AvgIpc) is 2.41. The summed E-state index contributed by atoms with van der Waals surface area (Å²) in [6, 6.07) is 0. The van der Waals surface area contributed by atoms with Gasteiger partial charge in [-0.05, 0) is 13.8 Å². The van der Waals surface area contributed by atoms with Crippen LogP contribution in [0.2, 0.25) is 0 Å². The highest BCUT2D eigenvalue weighted by Crippen LogP contribution is 2.25. The van der Waals surface area contributed by atoms with Crippen LogP contribution in [0.25, 0.3) is 0 Å². The Kier molecular flexibility index (Phi) is 2.19. The Morgan fingerprint density at radius 1 is 1.60 bits per heavy atom. The van der Waals surface area contributed by atoms with Crippen molar-refractivity contribution in [1.29, 1.82) is 0 Å². The molecule has 2 heterocycles. The molecule has 0 radical (unpaired) electrons. The molecule has 0 saturated heterocycles. The fraction of sp³-hybridized carbons (Fsp3) is 0.500. The van der Waals surface area contributed by atoms with Gasteiger partial charge < -0.3 is 5.73 Å². The molecule has 15 heavy (non-hydrogen) atoms. The van der Waals surface area contributed by atoms with Gasteiger partial charge in [0.2, 0.25) is 5.91 Å². The Morgan fingerprint density at radius 2 is 2.33 bits per heavy atom. The molecule has 0 aliphatic carbocycles. The fourth-order valence-corrected chi connectivity index (χ4v) is 1.67. The second kappa shape index (κ2) is 3.27. The molecule has 80 valence electrons. The summed E-state index contributed by atoms with van der Waals surface area (Å²) in [7, 11) is 0. The summed E-state index contributed by atoms with van der Waals surface area (Å²) in [4.78, 5) is 21.4. The third-order valence-corrected chi connectivity index (χ3v) is 2.23. The van der Waals surface area contributed by atoms with Crippen LogP contribution in [0.1, 0.15) is 19.4 Å². The van der Waals surface area contributed by atoms with Gasteiger partial charge in [0.15, 0.2) is 0 Å². The Bertz CT molecular complexity index is 397. The molecule has 1 amide bonds. The van der Waals surface area contributed by atoms with Gasteiger partial charge in [0.1, 0.15) is 12.1 Å². The Hall–Kier alpha value is -1.49. The zero-order valence-corrected chi connectivity index (χ0v) is 8.90. The van der Waals surface area contributed by atoms with Crippen LogP contribution in [-0.2, 0) is 11.2 Å². The number of nitrogens with two attached hydrogens (primary N) is 1. The minimum atomic E-state index is -0.414. The Labute approximate surface area is 88.3 Å². The zero-order chi connectivity index (χ0) is 11.1. The van der Waals surface area contributed by atoms with E-state index in [0.29, 0.717) is 18.8 Å². The molecule has 2 N–H and O–H groups in total. The minimum Gasteiger partial charge on any atom is -0.324 e. The van der Waals surface area contributed by atoms with Crippen LogP contribution in [0.4, 0.5) is 5.82 Å². The first-order chi connectivity index (χ1) is 6.97. The van der Waals surface area contributed by atoms with E-state index in [1.807, 2.05) is 13.8 Å². The molecule has 0 aromatic carbocycles. The van der Waals surface area contributed by atoms with Gasteiger partial charge >= 0.3 is 0 Å². The molecule has 0 bridgehead atoms. The molecule has 1 aliphatic rings. The van der Waals surface area contributed by atoms with E-state index in [9.17, 15) is 4.79 Å². The maximum Gasteiger partial charge on any atom is 0.232 e. The van der Waals surface area contributed by atoms with Gasteiger partial charge in [-0.1, -0.05) is 0 Å². The van der Waals surface area contributed by atoms with Crippen molar-refractivity contribution in [2.75, 3.05) is 11.4 Å². The van der Waals surface area contributed by atoms with Gasteiger partial charge in [-0.2, -0.15) is 0 Å². The van der Waals surface area contributed by atoms with E-state index in [2.05, 4.69) is 9.97 Å². The third kappa shape index (κ3) is 1.97. The van der Waals surface area contributed by atoms with Crippen molar-refractivity contribution in [2.45, 2.75) is 25.8 Å². The Morgan fingerprint density at radius 3 is 3.00 bits per heavy atom. The molecule has 2 rings (SSSR count). The van der Waals surface area contributed by atoms with Crippen LogP contribution >= 0.6 is 0 Å². The lowest BCUT2D eigenvalue weighted by atomic mass is 10.1. The van der Waals surface area contributed by atoms with Crippen molar-refractivity contribution >= 4 is 11.7 Å². The SMILES string of the molecule is CC(C)(N)CN1C(=O)Cc2cncnc21. The van der Waals surface area contributed by atoms with Crippen LogP contribution < -0.4 is 10.6 Å². The molecule has 1 aromatic rings. The first kappa shape index (κ1) is 10.0. The van der Waals surface area contributed by atoms with E-state index in [1.165, 1.54) is 6.33 Å². The fourth-order valence-electron chi connectivity index (χ4n) is 1.67. The molecule has 1 aromatic heterocycles. The second-order valence-corrected chi connectivity index (χ2v) is 4.52. The number of hydrogen-bond donors (Lipinski definition) is 1. The van der Waals surface area contributed by atoms with Crippen LogP contribution in [-0.4, -0.2) is 28.0 Å². The summed E-state index contributed by atoms with van der Waals surface area (Å²) < 4.78 is 0. The molecule has 0 fully saturated rings. The third-order valence-electron chi connectivity index (χ3n) is 2.23. The summed E-state index contributed by atoms with van der Waals surface area (Å²) in [5, 5.41) is 0. The first-order valence-corrected chi connectivity index (χ1v) is 4.85. The molecule has 0 atom stereocenters. The summed E-state index contributed by atoms with van der Waals surface area (Å²) in [5.41, 5.74) is 6.36. The lowest BCUT2D eigenvalue weighted by Gasteiger charge is -2.25. The van der Waals surface area contributed by atoms with Crippen molar-refractivity contribution in [1.82, 2.24) is 9.97 Å². The van der Waals surface area contributed by atoms with E-state index in [0.717, 1.165) is 5.56 Å². The van der Waals surface area contributed by atoms with Crippen molar-refractivity contribution in [3.63, 3.8) is 0 Å². The number of anilines is 1. The molecule has 0 unspecified atom stereocenters. The second-order valence-electron chi connectivity index (χ2n) is 4.52. The summed E-state index contributed by atoms with van der Waals surface area (Å²) >= 11 is 0. The van der Waals surface area contributed by atoms with E-state index >= 15 is 0 Å². The van der Waals surface area contributed by atoms with Gasteiger partial charge in [-0.25, -0.2) is 9.97 Å². The molecule has 0 saturated carbocycles. The minimum absolute atomic E-state index is 0.0454. The van der Waals surface area contributed by atoms with Crippen molar-refractivity contribution in [3.8, 4) is 0 Å².